The van der Waals surface area contributed by atoms with Crippen LogP contribution in [0.2, 0.25) is 0 Å². The molecule has 170 valence electrons. The van der Waals surface area contributed by atoms with Gasteiger partial charge >= 0.3 is 0 Å². The SMILES string of the molecule is CNc1ccc(C(=O)N2CCc3cc(OC)c(OC)cc3C2c2ccccc2)cc1[N+](=O)[O-]. The number of fused-ring (bicyclic) bond motifs is 1. The van der Waals surface area contributed by atoms with E-state index in [1.54, 1.807) is 38.3 Å². The third-order valence-electron chi connectivity index (χ3n) is 5.96. The zero-order valence-corrected chi connectivity index (χ0v) is 18.7. The Labute approximate surface area is 191 Å². The molecular weight excluding hydrogens is 422 g/mol. The van der Waals surface area contributed by atoms with Crippen molar-refractivity contribution in [1.29, 1.82) is 0 Å². The van der Waals surface area contributed by atoms with Crippen LogP contribution in [0.25, 0.3) is 0 Å². The number of nitro groups is 1. The number of hydrogen-bond acceptors (Lipinski definition) is 6. The molecule has 1 amide bonds. The molecule has 1 aliphatic rings. The van der Waals surface area contributed by atoms with Gasteiger partial charge in [0.15, 0.2) is 11.5 Å². The third-order valence-corrected chi connectivity index (χ3v) is 5.96. The van der Waals surface area contributed by atoms with Crippen molar-refractivity contribution in [1.82, 2.24) is 4.90 Å². The van der Waals surface area contributed by atoms with Gasteiger partial charge in [0.1, 0.15) is 5.69 Å². The Hall–Kier alpha value is -4.07. The van der Waals surface area contributed by atoms with Crippen LogP contribution in [0.5, 0.6) is 11.5 Å². The number of methoxy groups -OCH3 is 2. The number of carbonyl (C=O) groups is 1. The molecule has 0 radical (unpaired) electrons. The molecule has 0 fully saturated rings. The number of benzene rings is 3. The lowest BCUT2D eigenvalue weighted by molar-refractivity contribution is -0.384. The normalized spacial score (nSPS) is 14.9. The zero-order valence-electron chi connectivity index (χ0n) is 18.7. The fourth-order valence-electron chi connectivity index (χ4n) is 4.35. The van der Waals surface area contributed by atoms with E-state index in [9.17, 15) is 14.9 Å². The van der Waals surface area contributed by atoms with Gasteiger partial charge in [-0.2, -0.15) is 0 Å². The number of nitrogens with one attached hydrogen (secondary N) is 1. The van der Waals surface area contributed by atoms with Crippen LogP contribution in [0.15, 0.2) is 60.7 Å². The van der Waals surface area contributed by atoms with Crippen molar-refractivity contribution >= 4 is 17.3 Å². The maximum absolute atomic E-state index is 13.7. The van der Waals surface area contributed by atoms with E-state index in [-0.39, 0.29) is 23.2 Å². The second kappa shape index (κ2) is 9.20. The molecule has 1 heterocycles. The summed E-state index contributed by atoms with van der Waals surface area (Å²) in [6.07, 6.45) is 0.626. The highest BCUT2D eigenvalue weighted by Crippen LogP contribution is 2.41. The Morgan fingerprint density at radius 1 is 1.06 bits per heavy atom. The largest absolute Gasteiger partial charge is 0.493 e. The summed E-state index contributed by atoms with van der Waals surface area (Å²) >= 11 is 0. The number of anilines is 1. The molecule has 1 atom stereocenters. The maximum Gasteiger partial charge on any atom is 0.293 e. The minimum atomic E-state index is -0.486. The van der Waals surface area contributed by atoms with E-state index in [0.717, 1.165) is 16.7 Å². The van der Waals surface area contributed by atoms with E-state index in [4.69, 9.17) is 9.47 Å². The molecule has 0 saturated carbocycles. The molecule has 8 heteroatoms. The molecule has 0 saturated heterocycles. The Balaban J connectivity index is 1.83. The van der Waals surface area contributed by atoms with Crippen LogP contribution in [0.4, 0.5) is 11.4 Å². The van der Waals surface area contributed by atoms with E-state index in [2.05, 4.69) is 5.32 Å². The quantitative estimate of drug-likeness (QED) is 0.443. The molecule has 1 aliphatic heterocycles. The summed E-state index contributed by atoms with van der Waals surface area (Å²) in [4.78, 5) is 26.5. The summed E-state index contributed by atoms with van der Waals surface area (Å²) in [5.41, 5.74) is 3.45. The van der Waals surface area contributed by atoms with Gasteiger partial charge in [0, 0.05) is 25.2 Å². The van der Waals surface area contributed by atoms with E-state index < -0.39 is 4.92 Å². The lowest BCUT2D eigenvalue weighted by atomic mass is 9.87. The minimum absolute atomic E-state index is 0.136. The van der Waals surface area contributed by atoms with Gasteiger partial charge in [0.25, 0.3) is 11.6 Å². The van der Waals surface area contributed by atoms with Crippen LogP contribution in [0, 0.1) is 10.1 Å². The van der Waals surface area contributed by atoms with Gasteiger partial charge < -0.3 is 19.7 Å². The monoisotopic (exact) mass is 447 g/mol. The molecule has 4 rings (SSSR count). The van der Waals surface area contributed by atoms with E-state index in [0.29, 0.717) is 30.2 Å². The van der Waals surface area contributed by atoms with Crippen LogP contribution in [0.3, 0.4) is 0 Å². The van der Waals surface area contributed by atoms with Gasteiger partial charge in [-0.3, -0.25) is 14.9 Å². The molecule has 0 bridgehead atoms. The van der Waals surface area contributed by atoms with Crippen molar-refractivity contribution in [3.05, 3.63) is 93.0 Å². The van der Waals surface area contributed by atoms with E-state index in [1.807, 2.05) is 42.5 Å². The van der Waals surface area contributed by atoms with Crippen LogP contribution in [-0.4, -0.2) is 43.5 Å². The van der Waals surface area contributed by atoms with Gasteiger partial charge in [0.2, 0.25) is 0 Å². The molecule has 0 aliphatic carbocycles. The number of nitro benzene ring substituents is 1. The van der Waals surface area contributed by atoms with Crippen molar-refractivity contribution in [2.75, 3.05) is 33.1 Å². The van der Waals surface area contributed by atoms with Crippen molar-refractivity contribution in [2.45, 2.75) is 12.5 Å². The molecule has 1 unspecified atom stereocenters. The zero-order chi connectivity index (χ0) is 23.5. The Bertz CT molecular complexity index is 1200. The summed E-state index contributed by atoms with van der Waals surface area (Å²) in [6, 6.07) is 17.8. The van der Waals surface area contributed by atoms with Crippen molar-refractivity contribution in [3.8, 4) is 11.5 Å². The average molecular weight is 447 g/mol. The van der Waals surface area contributed by atoms with Crippen LogP contribution >= 0.6 is 0 Å². The summed E-state index contributed by atoms with van der Waals surface area (Å²) in [5.74, 6) is 0.955. The number of amides is 1. The van der Waals surface area contributed by atoms with Gasteiger partial charge in [0.05, 0.1) is 25.2 Å². The van der Waals surface area contributed by atoms with E-state index in [1.165, 1.54) is 6.07 Å². The first-order chi connectivity index (χ1) is 16.0. The minimum Gasteiger partial charge on any atom is -0.493 e. The van der Waals surface area contributed by atoms with Gasteiger partial charge in [-0.25, -0.2) is 0 Å². The predicted molar refractivity (Wildman–Crippen MR) is 125 cm³/mol. The molecular formula is C25H25N3O5. The first-order valence-electron chi connectivity index (χ1n) is 10.5. The van der Waals surface area contributed by atoms with Crippen LogP contribution in [0.1, 0.15) is 33.1 Å². The van der Waals surface area contributed by atoms with Crippen LogP contribution in [-0.2, 0) is 6.42 Å². The highest BCUT2D eigenvalue weighted by atomic mass is 16.6. The van der Waals surface area contributed by atoms with Gasteiger partial charge in [-0.1, -0.05) is 30.3 Å². The predicted octanol–water partition coefficient (Wildman–Crippen LogP) is 4.44. The Morgan fingerprint density at radius 2 is 1.76 bits per heavy atom. The maximum atomic E-state index is 13.7. The first-order valence-corrected chi connectivity index (χ1v) is 10.5. The van der Waals surface area contributed by atoms with Gasteiger partial charge in [-0.15, -0.1) is 0 Å². The standard InChI is InChI=1S/C25H25N3O5/c1-26-20-10-9-18(13-21(20)28(30)31)25(29)27-12-11-17-14-22(32-2)23(33-3)15-19(17)24(27)16-7-5-4-6-8-16/h4-10,13-15,24,26H,11-12H2,1-3H3. The Kier molecular flexibility index (Phi) is 6.17. The number of ether oxygens (including phenoxy) is 2. The molecule has 0 spiro atoms. The smallest absolute Gasteiger partial charge is 0.293 e. The molecule has 3 aromatic carbocycles. The van der Waals surface area contributed by atoms with Crippen LogP contribution < -0.4 is 14.8 Å². The molecule has 1 N–H and O–H groups in total. The highest BCUT2D eigenvalue weighted by molar-refractivity contribution is 5.96. The Morgan fingerprint density at radius 3 is 2.39 bits per heavy atom. The summed E-state index contributed by atoms with van der Waals surface area (Å²) in [5, 5.41) is 14.3. The first kappa shape index (κ1) is 22.1. The van der Waals surface area contributed by atoms with Crippen molar-refractivity contribution < 1.29 is 19.2 Å². The molecule has 3 aromatic rings. The number of hydrogen-bond donors (Lipinski definition) is 1. The average Bonchev–Trinajstić information content (AvgIpc) is 2.86. The summed E-state index contributed by atoms with van der Waals surface area (Å²) in [6.45, 7) is 0.461. The number of rotatable bonds is 6. The summed E-state index contributed by atoms with van der Waals surface area (Å²) < 4.78 is 11.0. The lowest BCUT2D eigenvalue weighted by Gasteiger charge is -2.38. The third kappa shape index (κ3) is 4.07. The second-order valence-corrected chi connectivity index (χ2v) is 7.71. The number of carbonyl (C=O) groups excluding carboxylic acids is 1. The van der Waals surface area contributed by atoms with Gasteiger partial charge in [-0.05, 0) is 47.4 Å². The fourth-order valence-corrected chi connectivity index (χ4v) is 4.35. The molecule has 8 nitrogen and oxygen atoms in total. The van der Waals surface area contributed by atoms with Crippen molar-refractivity contribution in [2.24, 2.45) is 0 Å². The highest BCUT2D eigenvalue weighted by Gasteiger charge is 2.34. The summed E-state index contributed by atoms with van der Waals surface area (Å²) in [7, 11) is 4.79. The van der Waals surface area contributed by atoms with E-state index >= 15 is 0 Å². The second-order valence-electron chi connectivity index (χ2n) is 7.71. The number of nitrogens with zero attached hydrogens (tertiary/aromatic N) is 2. The van der Waals surface area contributed by atoms with Crippen molar-refractivity contribution in [3.63, 3.8) is 0 Å². The molecule has 0 aromatic heterocycles. The molecule has 33 heavy (non-hydrogen) atoms. The fraction of sp³-hybridized carbons (Fsp3) is 0.240. The topological polar surface area (TPSA) is 93.9 Å². The lowest BCUT2D eigenvalue weighted by Crippen LogP contribution is -2.40.